The third-order valence-electron chi connectivity index (χ3n) is 6.32. The summed E-state index contributed by atoms with van der Waals surface area (Å²) in [5, 5.41) is 11.5. The minimum atomic E-state index is 0.0533. The molecule has 10 heteroatoms. The van der Waals surface area contributed by atoms with Gasteiger partial charge >= 0.3 is 0 Å². The second kappa shape index (κ2) is 10.1. The van der Waals surface area contributed by atoms with E-state index in [9.17, 15) is 9.59 Å². The standard InChI is InChI=1S/C23H27N5O3S2/c29-20(26-10-12-27(13-11-26)22(30)19-9-5-15-32-19)16-33-23-25-24-21(18-8-4-14-31-18)28(23)17-6-2-1-3-7-17/h4-5,8-9,14-15,17H,1-3,6-7,10-13,16H2. The van der Waals surface area contributed by atoms with Crippen LogP contribution in [0.3, 0.4) is 0 Å². The molecule has 5 rings (SSSR count). The van der Waals surface area contributed by atoms with Gasteiger partial charge in [-0.15, -0.1) is 21.5 Å². The van der Waals surface area contributed by atoms with Gasteiger partial charge in [0.05, 0.1) is 16.9 Å². The van der Waals surface area contributed by atoms with Crippen molar-refractivity contribution in [3.8, 4) is 11.6 Å². The van der Waals surface area contributed by atoms with Gasteiger partial charge in [0.25, 0.3) is 5.91 Å². The van der Waals surface area contributed by atoms with Gasteiger partial charge in [-0.2, -0.15) is 0 Å². The van der Waals surface area contributed by atoms with Gasteiger partial charge in [-0.3, -0.25) is 14.2 Å². The van der Waals surface area contributed by atoms with Crippen LogP contribution < -0.4 is 0 Å². The molecule has 1 saturated heterocycles. The van der Waals surface area contributed by atoms with E-state index in [0.717, 1.165) is 28.7 Å². The summed E-state index contributed by atoms with van der Waals surface area (Å²) in [6, 6.07) is 7.82. The highest BCUT2D eigenvalue weighted by molar-refractivity contribution is 7.99. The molecule has 4 heterocycles. The van der Waals surface area contributed by atoms with Crippen LogP contribution in [0.4, 0.5) is 0 Å². The summed E-state index contributed by atoms with van der Waals surface area (Å²) < 4.78 is 7.78. The smallest absolute Gasteiger partial charge is 0.264 e. The van der Waals surface area contributed by atoms with Gasteiger partial charge < -0.3 is 14.2 Å². The number of furan rings is 1. The molecule has 174 valence electrons. The highest BCUT2D eigenvalue weighted by atomic mass is 32.2. The Balaban J connectivity index is 1.21. The van der Waals surface area contributed by atoms with Crippen molar-refractivity contribution < 1.29 is 14.0 Å². The highest BCUT2D eigenvalue weighted by Crippen LogP contribution is 2.35. The third-order valence-corrected chi connectivity index (χ3v) is 8.11. The zero-order chi connectivity index (χ0) is 22.6. The lowest BCUT2D eigenvalue weighted by atomic mass is 9.95. The summed E-state index contributed by atoms with van der Waals surface area (Å²) in [7, 11) is 0. The zero-order valence-electron chi connectivity index (χ0n) is 18.4. The first kappa shape index (κ1) is 22.2. The second-order valence-electron chi connectivity index (χ2n) is 8.38. The van der Waals surface area contributed by atoms with Crippen molar-refractivity contribution in [3.63, 3.8) is 0 Å². The Morgan fingerprint density at radius 3 is 2.52 bits per heavy atom. The van der Waals surface area contributed by atoms with E-state index in [4.69, 9.17) is 4.42 Å². The van der Waals surface area contributed by atoms with E-state index >= 15 is 0 Å². The average molecular weight is 486 g/mol. The number of thioether (sulfide) groups is 1. The van der Waals surface area contributed by atoms with Gasteiger partial charge in [-0.1, -0.05) is 37.1 Å². The third kappa shape index (κ3) is 4.86. The quantitative estimate of drug-likeness (QED) is 0.487. The van der Waals surface area contributed by atoms with Crippen molar-refractivity contribution in [1.82, 2.24) is 24.6 Å². The molecule has 0 atom stereocenters. The molecule has 0 N–H and O–H groups in total. The maximum Gasteiger partial charge on any atom is 0.264 e. The summed E-state index contributed by atoms with van der Waals surface area (Å²) in [4.78, 5) is 29.9. The molecule has 1 saturated carbocycles. The zero-order valence-corrected chi connectivity index (χ0v) is 20.0. The van der Waals surface area contributed by atoms with Crippen LogP contribution in [0.1, 0.15) is 47.8 Å². The van der Waals surface area contributed by atoms with Crippen molar-refractivity contribution in [2.75, 3.05) is 31.9 Å². The molecule has 8 nitrogen and oxygen atoms in total. The number of piperazine rings is 1. The van der Waals surface area contributed by atoms with Crippen LogP contribution in [-0.4, -0.2) is 68.3 Å². The van der Waals surface area contributed by atoms with Crippen LogP contribution >= 0.6 is 23.1 Å². The van der Waals surface area contributed by atoms with Crippen molar-refractivity contribution >= 4 is 34.9 Å². The lowest BCUT2D eigenvalue weighted by Crippen LogP contribution is -2.51. The summed E-state index contributed by atoms with van der Waals surface area (Å²) in [5.74, 6) is 1.88. The Labute approximate surface area is 201 Å². The molecular formula is C23H27N5O3S2. The predicted molar refractivity (Wildman–Crippen MR) is 127 cm³/mol. The minimum Gasteiger partial charge on any atom is -0.461 e. The van der Waals surface area contributed by atoms with E-state index in [1.54, 1.807) is 6.26 Å². The number of amides is 2. The average Bonchev–Trinajstić information content (AvgIpc) is 3.64. The molecule has 33 heavy (non-hydrogen) atoms. The first-order chi connectivity index (χ1) is 16.2. The van der Waals surface area contributed by atoms with Crippen molar-refractivity contribution in [3.05, 3.63) is 40.8 Å². The number of rotatable bonds is 6. The Morgan fingerprint density at radius 1 is 1.03 bits per heavy atom. The lowest BCUT2D eigenvalue weighted by Gasteiger charge is -2.34. The molecule has 3 aromatic heterocycles. The molecule has 1 aliphatic heterocycles. The van der Waals surface area contributed by atoms with E-state index in [-0.39, 0.29) is 11.8 Å². The molecule has 3 aromatic rings. The van der Waals surface area contributed by atoms with Gasteiger partial charge in [0, 0.05) is 32.2 Å². The first-order valence-electron chi connectivity index (χ1n) is 11.4. The van der Waals surface area contributed by atoms with E-state index < -0.39 is 0 Å². The lowest BCUT2D eigenvalue weighted by molar-refractivity contribution is -0.129. The van der Waals surface area contributed by atoms with Gasteiger partial charge in [0.1, 0.15) is 0 Å². The van der Waals surface area contributed by atoms with E-state index in [0.29, 0.717) is 43.7 Å². The van der Waals surface area contributed by atoms with Gasteiger partial charge in [0.15, 0.2) is 10.9 Å². The van der Waals surface area contributed by atoms with Crippen LogP contribution in [0.15, 0.2) is 45.5 Å². The molecule has 2 aliphatic rings. The molecule has 2 fully saturated rings. The summed E-state index contributed by atoms with van der Waals surface area (Å²) >= 11 is 2.90. The number of hydrogen-bond donors (Lipinski definition) is 0. The molecule has 1 aliphatic carbocycles. The largest absolute Gasteiger partial charge is 0.461 e. The van der Waals surface area contributed by atoms with E-state index in [2.05, 4.69) is 14.8 Å². The van der Waals surface area contributed by atoms with Crippen molar-refractivity contribution in [2.45, 2.75) is 43.3 Å². The van der Waals surface area contributed by atoms with Crippen molar-refractivity contribution in [2.24, 2.45) is 0 Å². The Bertz CT molecular complexity index is 1070. The molecular weight excluding hydrogens is 458 g/mol. The predicted octanol–water partition coefficient (Wildman–Crippen LogP) is 4.18. The Kier molecular flexibility index (Phi) is 6.82. The molecule has 0 aromatic carbocycles. The first-order valence-corrected chi connectivity index (χ1v) is 13.3. The van der Waals surface area contributed by atoms with Gasteiger partial charge in [-0.25, -0.2) is 0 Å². The Morgan fingerprint density at radius 2 is 1.82 bits per heavy atom. The second-order valence-corrected chi connectivity index (χ2v) is 10.3. The highest BCUT2D eigenvalue weighted by Gasteiger charge is 2.28. The van der Waals surface area contributed by atoms with Crippen LogP contribution in [-0.2, 0) is 4.79 Å². The maximum absolute atomic E-state index is 12.9. The summed E-state index contributed by atoms with van der Waals surface area (Å²) in [6.45, 7) is 2.25. The van der Waals surface area contributed by atoms with Crippen LogP contribution in [0, 0.1) is 0 Å². The fraction of sp³-hybridized carbons (Fsp3) is 0.478. The SMILES string of the molecule is O=C(CSc1nnc(-c2ccco2)n1C1CCCCC1)N1CCN(C(=O)c2cccs2)CC1. The fourth-order valence-corrected chi connectivity index (χ4v) is 6.15. The number of nitrogens with zero attached hydrogens (tertiary/aromatic N) is 5. The fourth-order valence-electron chi connectivity index (χ4n) is 4.55. The number of aromatic nitrogens is 3. The summed E-state index contributed by atoms with van der Waals surface area (Å²) in [6.07, 6.45) is 7.47. The van der Waals surface area contributed by atoms with Crippen LogP contribution in [0.25, 0.3) is 11.6 Å². The monoisotopic (exact) mass is 485 g/mol. The molecule has 0 bridgehead atoms. The normalized spacial score (nSPS) is 17.5. The van der Waals surface area contributed by atoms with Crippen molar-refractivity contribution in [1.29, 1.82) is 0 Å². The van der Waals surface area contributed by atoms with E-state index in [1.165, 1.54) is 42.4 Å². The molecule has 2 amide bonds. The molecule has 0 unspecified atom stereocenters. The molecule has 0 spiro atoms. The Hall–Kier alpha value is -2.59. The van der Waals surface area contributed by atoms with E-state index in [1.807, 2.05) is 39.4 Å². The minimum absolute atomic E-state index is 0.0533. The number of hydrogen-bond acceptors (Lipinski definition) is 7. The van der Waals surface area contributed by atoms with Crippen LogP contribution in [0.2, 0.25) is 0 Å². The number of carbonyl (C=O) groups is 2. The number of thiophene rings is 1. The van der Waals surface area contributed by atoms with Gasteiger partial charge in [0.2, 0.25) is 11.7 Å². The van der Waals surface area contributed by atoms with Gasteiger partial charge in [-0.05, 0) is 36.4 Å². The maximum atomic E-state index is 12.9. The molecule has 0 radical (unpaired) electrons. The summed E-state index contributed by atoms with van der Waals surface area (Å²) in [5.41, 5.74) is 0. The number of carbonyl (C=O) groups excluding carboxylic acids is 2. The topological polar surface area (TPSA) is 84.5 Å². The van der Waals surface area contributed by atoms with Crippen LogP contribution in [0.5, 0.6) is 0 Å².